The van der Waals surface area contributed by atoms with Crippen LogP contribution in [0.5, 0.6) is 0 Å². The molecule has 0 spiro atoms. The van der Waals surface area contributed by atoms with E-state index in [-0.39, 0.29) is 5.54 Å². The van der Waals surface area contributed by atoms with Crippen molar-refractivity contribution >= 4 is 5.90 Å². The molecule has 0 aliphatic carbocycles. The van der Waals surface area contributed by atoms with Crippen molar-refractivity contribution in [3.63, 3.8) is 0 Å². The van der Waals surface area contributed by atoms with Gasteiger partial charge in [0.15, 0.2) is 5.90 Å². The van der Waals surface area contributed by atoms with Crippen molar-refractivity contribution < 1.29 is 4.74 Å². The molecule has 0 saturated carbocycles. The minimum Gasteiger partial charge on any atom is -0.478 e. The van der Waals surface area contributed by atoms with Gasteiger partial charge in [0.1, 0.15) is 6.61 Å². The van der Waals surface area contributed by atoms with Gasteiger partial charge in [0.05, 0.1) is 16.9 Å². The van der Waals surface area contributed by atoms with Gasteiger partial charge in [0.2, 0.25) is 0 Å². The van der Waals surface area contributed by atoms with E-state index in [4.69, 9.17) is 4.74 Å². The first-order chi connectivity index (χ1) is 10.1. The average molecular weight is 281 g/mol. The maximum Gasteiger partial charge on any atom is 0.184 e. The molecule has 4 heteroatoms. The Morgan fingerprint density at radius 3 is 2.62 bits per heavy atom. The molecule has 3 heterocycles. The van der Waals surface area contributed by atoms with Gasteiger partial charge >= 0.3 is 0 Å². The first-order valence-electron chi connectivity index (χ1n) is 7.21. The van der Waals surface area contributed by atoms with Crippen LogP contribution in [-0.2, 0) is 11.2 Å². The van der Waals surface area contributed by atoms with E-state index in [0.29, 0.717) is 6.61 Å². The molecule has 3 rings (SSSR count). The van der Waals surface area contributed by atoms with Gasteiger partial charge < -0.3 is 4.74 Å². The minimum atomic E-state index is -0.0848. The highest BCUT2D eigenvalue weighted by atomic mass is 16.5. The average Bonchev–Trinajstić information content (AvgIpc) is 2.86. The zero-order valence-corrected chi connectivity index (χ0v) is 12.4. The fourth-order valence-corrected chi connectivity index (χ4v) is 2.30. The van der Waals surface area contributed by atoms with E-state index < -0.39 is 0 Å². The Morgan fingerprint density at radius 2 is 1.90 bits per heavy atom. The lowest BCUT2D eigenvalue weighted by Gasteiger charge is -2.07. The largest absolute Gasteiger partial charge is 0.478 e. The van der Waals surface area contributed by atoms with Crippen LogP contribution in [0.2, 0.25) is 0 Å². The van der Waals surface area contributed by atoms with Crippen LogP contribution >= 0.6 is 0 Å². The zero-order valence-electron chi connectivity index (χ0n) is 12.4. The fraction of sp³-hybridized carbons (Fsp3) is 0.353. The lowest BCUT2D eigenvalue weighted by atomic mass is 10.1. The summed E-state index contributed by atoms with van der Waals surface area (Å²) in [5.74, 6) is 0.838. The van der Waals surface area contributed by atoms with E-state index in [1.165, 1.54) is 0 Å². The highest BCUT2D eigenvalue weighted by Crippen LogP contribution is 2.19. The topological polar surface area (TPSA) is 47.4 Å². The van der Waals surface area contributed by atoms with Gasteiger partial charge in [-0.05, 0) is 44.5 Å². The number of pyridine rings is 2. The molecule has 0 aromatic carbocycles. The molecule has 2 aromatic rings. The minimum absolute atomic E-state index is 0.0848. The van der Waals surface area contributed by atoms with Crippen molar-refractivity contribution in [1.82, 2.24) is 9.97 Å². The Morgan fingerprint density at radius 1 is 1.05 bits per heavy atom. The van der Waals surface area contributed by atoms with Crippen LogP contribution in [0.15, 0.2) is 47.6 Å². The van der Waals surface area contributed by atoms with E-state index in [9.17, 15) is 0 Å². The molecule has 0 saturated heterocycles. The lowest BCUT2D eigenvalue weighted by Crippen LogP contribution is -2.17. The third-order valence-electron chi connectivity index (χ3n) is 3.35. The highest BCUT2D eigenvalue weighted by molar-refractivity contribution is 5.78. The van der Waals surface area contributed by atoms with Crippen molar-refractivity contribution in [2.75, 3.05) is 6.61 Å². The van der Waals surface area contributed by atoms with E-state index in [2.05, 4.69) is 28.8 Å². The van der Waals surface area contributed by atoms with E-state index in [0.717, 1.165) is 35.8 Å². The van der Waals surface area contributed by atoms with Crippen molar-refractivity contribution in [2.45, 2.75) is 32.2 Å². The Hall–Kier alpha value is -2.23. The summed E-state index contributed by atoms with van der Waals surface area (Å²) in [6, 6.07) is 11.9. The second kappa shape index (κ2) is 5.64. The summed E-state index contributed by atoms with van der Waals surface area (Å²) in [4.78, 5) is 13.6. The SMILES string of the molecule is CC1(C)COC(CCc2cccc(-c3ccccn3)n2)=N1. The summed E-state index contributed by atoms with van der Waals surface area (Å²) in [6.45, 7) is 4.84. The predicted molar refractivity (Wildman–Crippen MR) is 83.3 cm³/mol. The molecular formula is C17H19N3O. The van der Waals surface area contributed by atoms with Crippen LogP contribution in [0, 0.1) is 0 Å². The molecule has 2 aromatic heterocycles. The number of nitrogens with zero attached hydrogens (tertiary/aromatic N) is 3. The molecule has 0 bridgehead atoms. The number of hydrogen-bond acceptors (Lipinski definition) is 4. The van der Waals surface area contributed by atoms with Gasteiger partial charge in [-0.25, -0.2) is 4.99 Å². The molecule has 21 heavy (non-hydrogen) atoms. The number of aliphatic imine (C=N–C) groups is 1. The molecule has 1 aliphatic rings. The summed E-state index contributed by atoms with van der Waals surface area (Å²) >= 11 is 0. The van der Waals surface area contributed by atoms with Crippen molar-refractivity contribution in [3.8, 4) is 11.4 Å². The van der Waals surface area contributed by atoms with Gasteiger partial charge in [0, 0.05) is 18.3 Å². The molecule has 0 unspecified atom stereocenters. The maximum atomic E-state index is 5.61. The second-order valence-corrected chi connectivity index (χ2v) is 5.84. The molecule has 1 aliphatic heterocycles. The normalized spacial score (nSPS) is 16.4. The summed E-state index contributed by atoms with van der Waals surface area (Å²) in [5.41, 5.74) is 2.75. The van der Waals surface area contributed by atoms with Gasteiger partial charge in [-0.1, -0.05) is 12.1 Å². The zero-order chi connectivity index (χ0) is 14.7. The van der Waals surface area contributed by atoms with Crippen LogP contribution in [0.4, 0.5) is 0 Å². The summed E-state index contributed by atoms with van der Waals surface area (Å²) in [7, 11) is 0. The third-order valence-corrected chi connectivity index (χ3v) is 3.35. The molecule has 0 amide bonds. The van der Waals surface area contributed by atoms with Gasteiger partial charge in [0.25, 0.3) is 0 Å². The monoisotopic (exact) mass is 281 g/mol. The maximum absolute atomic E-state index is 5.61. The van der Waals surface area contributed by atoms with Gasteiger partial charge in [-0.15, -0.1) is 0 Å². The van der Waals surface area contributed by atoms with Crippen molar-refractivity contribution in [3.05, 3.63) is 48.3 Å². The van der Waals surface area contributed by atoms with Crippen LogP contribution < -0.4 is 0 Å². The van der Waals surface area contributed by atoms with E-state index in [1.807, 2.05) is 36.4 Å². The molecule has 0 fully saturated rings. The first kappa shape index (κ1) is 13.7. The van der Waals surface area contributed by atoms with Crippen molar-refractivity contribution in [1.29, 1.82) is 0 Å². The summed E-state index contributed by atoms with van der Waals surface area (Å²) in [5, 5.41) is 0. The van der Waals surface area contributed by atoms with Crippen LogP contribution in [0.25, 0.3) is 11.4 Å². The van der Waals surface area contributed by atoms with Gasteiger partial charge in [-0.3, -0.25) is 9.97 Å². The van der Waals surface area contributed by atoms with E-state index in [1.54, 1.807) is 6.20 Å². The standard InChI is InChI=1S/C17H19N3O/c1-17(2)12-21-16(20-17)10-9-13-6-5-8-15(19-13)14-7-3-4-11-18-14/h3-8,11H,9-10,12H2,1-2H3. The number of rotatable bonds is 4. The molecule has 0 radical (unpaired) electrons. The molecule has 108 valence electrons. The lowest BCUT2D eigenvalue weighted by molar-refractivity contribution is 0.274. The van der Waals surface area contributed by atoms with E-state index >= 15 is 0 Å². The first-order valence-corrected chi connectivity index (χ1v) is 7.21. The Balaban J connectivity index is 1.70. The second-order valence-electron chi connectivity index (χ2n) is 5.84. The fourth-order valence-electron chi connectivity index (χ4n) is 2.30. The van der Waals surface area contributed by atoms with Crippen molar-refractivity contribution in [2.24, 2.45) is 4.99 Å². The Kier molecular flexibility index (Phi) is 3.69. The number of aromatic nitrogens is 2. The Bertz CT molecular complexity index is 650. The molecular weight excluding hydrogens is 262 g/mol. The molecule has 0 N–H and O–H groups in total. The Labute approximate surface area is 124 Å². The third kappa shape index (κ3) is 3.45. The number of aryl methyl sites for hydroxylation is 1. The summed E-state index contributed by atoms with van der Waals surface area (Å²) in [6.07, 6.45) is 3.41. The molecule has 0 atom stereocenters. The smallest absolute Gasteiger partial charge is 0.184 e. The highest BCUT2D eigenvalue weighted by Gasteiger charge is 2.25. The predicted octanol–water partition coefficient (Wildman–Crippen LogP) is 3.28. The number of hydrogen-bond donors (Lipinski definition) is 0. The van der Waals surface area contributed by atoms with Crippen LogP contribution in [0.3, 0.4) is 0 Å². The van der Waals surface area contributed by atoms with Crippen LogP contribution in [0.1, 0.15) is 26.0 Å². The molecule has 4 nitrogen and oxygen atoms in total. The van der Waals surface area contributed by atoms with Gasteiger partial charge in [-0.2, -0.15) is 0 Å². The quantitative estimate of drug-likeness (QED) is 0.864. The summed E-state index contributed by atoms with van der Waals surface area (Å²) < 4.78 is 5.61. The van der Waals surface area contributed by atoms with Crippen LogP contribution in [-0.4, -0.2) is 28.0 Å². The number of ether oxygens (including phenoxy) is 1.